The van der Waals surface area contributed by atoms with Crippen molar-refractivity contribution in [2.45, 2.75) is 72.4 Å². The number of carbonyl (C=O) groups excluding carboxylic acids is 2. The van der Waals surface area contributed by atoms with Gasteiger partial charge in [0.1, 0.15) is 12.4 Å². The minimum Gasteiger partial charge on any atom is -0.489 e. The van der Waals surface area contributed by atoms with Crippen molar-refractivity contribution in [1.82, 2.24) is 4.90 Å². The lowest BCUT2D eigenvalue weighted by Crippen LogP contribution is -2.44. The van der Waals surface area contributed by atoms with Crippen LogP contribution in [0.2, 0.25) is 5.02 Å². The molecule has 0 N–H and O–H groups in total. The summed E-state index contributed by atoms with van der Waals surface area (Å²) in [6.45, 7) is 9.62. The van der Waals surface area contributed by atoms with E-state index in [2.05, 4.69) is 60.7 Å². The smallest absolute Gasteiger partial charge is 0.162 e. The number of benzene rings is 3. The number of hydrogen-bond acceptors (Lipinski definition) is 4. The zero-order chi connectivity index (χ0) is 30.5. The maximum atomic E-state index is 14.3. The van der Waals surface area contributed by atoms with E-state index in [1.165, 1.54) is 0 Å². The summed E-state index contributed by atoms with van der Waals surface area (Å²) in [6.07, 6.45) is 2.40. The van der Waals surface area contributed by atoms with E-state index >= 15 is 0 Å². The number of nitrogens with zero attached hydrogens (tertiary/aromatic N) is 1. The van der Waals surface area contributed by atoms with E-state index in [9.17, 15) is 9.59 Å². The Morgan fingerprint density at radius 2 is 1.40 bits per heavy atom. The summed E-state index contributed by atoms with van der Waals surface area (Å²) in [6, 6.07) is 23.9. The lowest BCUT2D eigenvalue weighted by molar-refractivity contribution is -0.119. The molecule has 0 amide bonds. The normalized spacial score (nSPS) is 19.8. The van der Waals surface area contributed by atoms with E-state index in [0.717, 1.165) is 56.5 Å². The number of rotatable bonds is 6. The molecule has 0 aromatic heterocycles. The lowest BCUT2D eigenvalue weighted by atomic mass is 9.63. The van der Waals surface area contributed by atoms with Gasteiger partial charge in [-0.25, -0.2) is 0 Å². The maximum absolute atomic E-state index is 14.3. The van der Waals surface area contributed by atoms with Gasteiger partial charge in [-0.05, 0) is 65.1 Å². The molecule has 0 bridgehead atoms. The molecular weight excluding hydrogens is 622 g/mol. The molecular formula is C37H37BrClNO3. The van der Waals surface area contributed by atoms with Crippen LogP contribution in [-0.2, 0) is 22.7 Å². The maximum Gasteiger partial charge on any atom is 0.162 e. The molecule has 43 heavy (non-hydrogen) atoms. The van der Waals surface area contributed by atoms with Crippen LogP contribution >= 0.6 is 27.5 Å². The van der Waals surface area contributed by atoms with E-state index in [1.807, 2.05) is 60.7 Å². The van der Waals surface area contributed by atoms with Gasteiger partial charge in [0, 0.05) is 62.9 Å². The molecule has 222 valence electrons. The monoisotopic (exact) mass is 657 g/mol. The number of allylic oxidation sites excluding steroid dienone is 4. The first-order valence-corrected chi connectivity index (χ1v) is 16.1. The van der Waals surface area contributed by atoms with Crippen molar-refractivity contribution in [1.29, 1.82) is 0 Å². The molecule has 4 nitrogen and oxygen atoms in total. The summed E-state index contributed by atoms with van der Waals surface area (Å²) in [7, 11) is 0. The summed E-state index contributed by atoms with van der Waals surface area (Å²) >= 11 is 9.93. The predicted molar refractivity (Wildman–Crippen MR) is 175 cm³/mol. The van der Waals surface area contributed by atoms with E-state index in [-0.39, 0.29) is 22.4 Å². The minimum absolute atomic E-state index is 0.110. The van der Waals surface area contributed by atoms with E-state index in [4.69, 9.17) is 16.3 Å². The Labute approximate surface area is 267 Å². The van der Waals surface area contributed by atoms with Crippen molar-refractivity contribution >= 4 is 39.1 Å². The van der Waals surface area contributed by atoms with Gasteiger partial charge in [-0.3, -0.25) is 9.59 Å². The highest BCUT2D eigenvalue weighted by Crippen LogP contribution is 2.56. The number of ketones is 2. The molecule has 0 saturated carbocycles. The first kappa shape index (κ1) is 29.9. The number of hydrogen-bond donors (Lipinski definition) is 0. The predicted octanol–water partition coefficient (Wildman–Crippen LogP) is 9.57. The zero-order valence-electron chi connectivity index (χ0n) is 25.2. The first-order valence-electron chi connectivity index (χ1n) is 14.9. The molecule has 1 aliphatic heterocycles. The molecule has 3 aromatic rings. The Hall–Kier alpha value is -3.15. The average molecular weight is 659 g/mol. The van der Waals surface area contributed by atoms with Gasteiger partial charge in [-0.15, -0.1) is 0 Å². The van der Waals surface area contributed by atoms with Crippen LogP contribution in [-0.4, -0.2) is 16.5 Å². The van der Waals surface area contributed by atoms with Crippen LogP contribution in [0, 0.1) is 10.8 Å². The van der Waals surface area contributed by atoms with Crippen molar-refractivity contribution in [2.24, 2.45) is 10.8 Å². The van der Waals surface area contributed by atoms with E-state index in [0.29, 0.717) is 36.8 Å². The zero-order valence-corrected chi connectivity index (χ0v) is 27.5. The highest BCUT2D eigenvalue weighted by Gasteiger charge is 2.49. The Morgan fingerprint density at radius 1 is 0.791 bits per heavy atom. The van der Waals surface area contributed by atoms with Gasteiger partial charge in [0.25, 0.3) is 0 Å². The largest absolute Gasteiger partial charge is 0.489 e. The third-order valence-corrected chi connectivity index (χ3v) is 9.50. The van der Waals surface area contributed by atoms with E-state index < -0.39 is 5.92 Å². The molecule has 3 aliphatic rings. The van der Waals surface area contributed by atoms with Gasteiger partial charge in [0.2, 0.25) is 0 Å². The standard InChI is InChI=1S/C37H37BrClNO3/c1-36(2)17-28-34(30(41)19-36)33(27-16-25(38)13-14-32(27)43-22-24-11-8-12-26(39)15-24)35-29(18-37(3,4)20-31(35)42)40(28)21-23-9-6-5-7-10-23/h5-16,33H,17-22H2,1-4H3. The van der Waals surface area contributed by atoms with E-state index in [1.54, 1.807) is 0 Å². The Balaban J connectivity index is 1.55. The molecule has 0 fully saturated rings. The highest BCUT2D eigenvalue weighted by molar-refractivity contribution is 9.10. The van der Waals surface area contributed by atoms with Crippen LogP contribution in [0.1, 0.15) is 76.0 Å². The third kappa shape index (κ3) is 6.12. The second-order valence-electron chi connectivity index (χ2n) is 13.7. The Kier molecular flexibility index (Phi) is 7.93. The van der Waals surface area contributed by atoms with Crippen molar-refractivity contribution in [3.8, 4) is 5.75 Å². The molecule has 0 saturated heterocycles. The van der Waals surface area contributed by atoms with Gasteiger partial charge in [0.05, 0.1) is 0 Å². The average Bonchev–Trinajstić information content (AvgIpc) is 2.92. The van der Waals surface area contributed by atoms with Crippen LogP contribution in [0.15, 0.2) is 99.8 Å². The number of carbonyl (C=O) groups is 2. The summed E-state index contributed by atoms with van der Waals surface area (Å²) in [5, 5.41) is 0.651. The van der Waals surface area contributed by atoms with Gasteiger partial charge in [-0.2, -0.15) is 0 Å². The van der Waals surface area contributed by atoms with Gasteiger partial charge in [-0.1, -0.05) is 97.7 Å². The third-order valence-electron chi connectivity index (χ3n) is 8.77. The molecule has 0 radical (unpaired) electrons. The highest BCUT2D eigenvalue weighted by atomic mass is 79.9. The molecule has 3 aromatic carbocycles. The minimum atomic E-state index is -0.490. The van der Waals surface area contributed by atoms with Gasteiger partial charge < -0.3 is 9.64 Å². The quantitative estimate of drug-likeness (QED) is 0.265. The summed E-state index contributed by atoms with van der Waals surface area (Å²) in [4.78, 5) is 30.8. The molecule has 2 aliphatic carbocycles. The van der Waals surface area contributed by atoms with Crippen molar-refractivity contribution in [3.63, 3.8) is 0 Å². The number of ether oxygens (including phenoxy) is 1. The fourth-order valence-electron chi connectivity index (χ4n) is 6.98. The van der Waals surface area contributed by atoms with Crippen LogP contribution < -0.4 is 4.74 Å². The Morgan fingerprint density at radius 3 is 2.00 bits per heavy atom. The molecule has 6 rings (SSSR count). The molecule has 0 atom stereocenters. The summed E-state index contributed by atoms with van der Waals surface area (Å²) in [5.74, 6) is 0.397. The van der Waals surface area contributed by atoms with Gasteiger partial charge in [0.15, 0.2) is 11.6 Å². The summed E-state index contributed by atoms with van der Waals surface area (Å²) in [5.41, 5.74) is 6.14. The second kappa shape index (κ2) is 11.4. The number of Topliss-reactive ketones (excluding diaryl/α,β-unsaturated/α-hetero) is 2. The Bertz CT molecular complexity index is 1620. The van der Waals surface area contributed by atoms with Crippen molar-refractivity contribution < 1.29 is 14.3 Å². The fourth-order valence-corrected chi connectivity index (χ4v) is 7.57. The molecule has 6 heteroatoms. The van der Waals surface area contributed by atoms with Crippen molar-refractivity contribution in [3.05, 3.63) is 122 Å². The lowest BCUT2D eigenvalue weighted by Gasteiger charge is -2.49. The molecule has 0 spiro atoms. The summed E-state index contributed by atoms with van der Waals surface area (Å²) < 4.78 is 7.34. The first-order chi connectivity index (χ1) is 20.4. The van der Waals surface area contributed by atoms with Crippen molar-refractivity contribution in [2.75, 3.05) is 0 Å². The topological polar surface area (TPSA) is 46.6 Å². The van der Waals surface area contributed by atoms with Gasteiger partial charge >= 0.3 is 0 Å². The SMILES string of the molecule is CC1(C)CC(=O)C2=C(C1)N(Cc1ccccc1)C1=C(C(=O)CC(C)(C)C1)C2c1cc(Br)ccc1OCc1cccc(Cl)c1. The molecule has 1 heterocycles. The second-order valence-corrected chi connectivity index (χ2v) is 15.1. The fraction of sp³-hybridized carbons (Fsp3) is 0.351. The van der Waals surface area contributed by atoms with Crippen LogP contribution in [0.5, 0.6) is 5.75 Å². The van der Waals surface area contributed by atoms with Crippen LogP contribution in [0.25, 0.3) is 0 Å². The van der Waals surface area contributed by atoms with Crippen LogP contribution in [0.4, 0.5) is 0 Å². The number of halogens is 2. The molecule has 0 unspecified atom stereocenters. The van der Waals surface area contributed by atoms with Crippen LogP contribution in [0.3, 0.4) is 0 Å².